The quantitative estimate of drug-likeness (QED) is 0.836. The van der Waals surface area contributed by atoms with Gasteiger partial charge < -0.3 is 10.1 Å². The Hall–Kier alpha value is -2.05. The molecule has 0 heterocycles. The smallest absolute Gasteiger partial charge is 0.419 e. The molecule has 0 saturated heterocycles. The second kappa shape index (κ2) is 6.21. The maximum Gasteiger partial charge on any atom is 0.419 e. The number of hydrogen-bond acceptors (Lipinski definition) is 3. The molecule has 1 aromatic carbocycles. The molecule has 0 aliphatic heterocycles. The van der Waals surface area contributed by atoms with Crippen LogP contribution in [0, 0.1) is 0 Å². The minimum Gasteiger partial charge on any atom is -0.492 e. The summed E-state index contributed by atoms with van der Waals surface area (Å²) in [6.07, 6.45) is -4.35. The number of hydrogen-bond donors (Lipinski definition) is 1. The lowest BCUT2D eigenvalue weighted by molar-refractivity contribution is -0.138. The molecule has 0 aliphatic carbocycles. The van der Waals surface area contributed by atoms with Crippen molar-refractivity contribution >= 4 is 12.2 Å². The van der Waals surface area contributed by atoms with Crippen LogP contribution in [0.15, 0.2) is 18.2 Å². The van der Waals surface area contributed by atoms with E-state index in [1.807, 2.05) is 0 Å². The molecule has 104 valence electrons. The molecule has 0 aliphatic rings. The summed E-state index contributed by atoms with van der Waals surface area (Å²) in [6.45, 7) is -0.177. The van der Waals surface area contributed by atoms with Crippen molar-refractivity contribution in [2.45, 2.75) is 12.6 Å². The average Bonchev–Trinajstić information content (AvgIpc) is 2.37. The molecular weight excluding hydrogens is 263 g/mol. The highest BCUT2D eigenvalue weighted by Gasteiger charge is 2.34. The van der Waals surface area contributed by atoms with Crippen molar-refractivity contribution in [3.63, 3.8) is 0 Å². The van der Waals surface area contributed by atoms with Crippen molar-refractivity contribution < 1.29 is 27.5 Å². The minimum atomic E-state index is -4.62. The van der Waals surface area contributed by atoms with Gasteiger partial charge >= 0.3 is 6.18 Å². The number of rotatable bonds is 5. The van der Waals surface area contributed by atoms with Gasteiger partial charge in [0.15, 0.2) is 0 Å². The highest BCUT2D eigenvalue weighted by atomic mass is 19.4. The second-order valence-electron chi connectivity index (χ2n) is 3.64. The van der Waals surface area contributed by atoms with Crippen LogP contribution in [0.5, 0.6) is 5.75 Å². The first-order valence-corrected chi connectivity index (χ1v) is 5.38. The van der Waals surface area contributed by atoms with E-state index in [0.717, 1.165) is 6.07 Å². The standard InChI is InChI=1S/C12H12F3NO3/c1-16-11(18)4-5-19-10-3-2-8(7-17)6-9(10)12(13,14)15/h2-3,6-7H,4-5H2,1H3,(H,16,18). The van der Waals surface area contributed by atoms with Crippen LogP contribution < -0.4 is 10.1 Å². The molecule has 0 fully saturated rings. The van der Waals surface area contributed by atoms with Crippen LogP contribution in [0.1, 0.15) is 22.3 Å². The van der Waals surface area contributed by atoms with Crippen LogP contribution in [0.2, 0.25) is 0 Å². The van der Waals surface area contributed by atoms with Gasteiger partial charge in [-0.25, -0.2) is 0 Å². The lowest BCUT2D eigenvalue weighted by Gasteiger charge is -2.14. The van der Waals surface area contributed by atoms with Gasteiger partial charge in [-0.05, 0) is 18.2 Å². The van der Waals surface area contributed by atoms with Gasteiger partial charge in [-0.3, -0.25) is 9.59 Å². The van der Waals surface area contributed by atoms with Crippen molar-refractivity contribution in [3.05, 3.63) is 29.3 Å². The van der Waals surface area contributed by atoms with Crippen LogP contribution >= 0.6 is 0 Å². The van der Waals surface area contributed by atoms with E-state index in [0.29, 0.717) is 12.4 Å². The first-order chi connectivity index (χ1) is 8.88. The number of benzene rings is 1. The van der Waals surface area contributed by atoms with Crippen LogP contribution in [-0.2, 0) is 11.0 Å². The molecule has 0 bridgehead atoms. The summed E-state index contributed by atoms with van der Waals surface area (Å²) in [5.74, 6) is -0.736. The van der Waals surface area contributed by atoms with Crippen LogP contribution in [0.25, 0.3) is 0 Å². The van der Waals surface area contributed by atoms with Crippen molar-refractivity contribution in [1.29, 1.82) is 0 Å². The predicted octanol–water partition coefficient (Wildman–Crippen LogP) is 2.03. The Balaban J connectivity index is 2.88. The maximum atomic E-state index is 12.7. The number of carbonyl (C=O) groups is 2. The Kier molecular flexibility index (Phi) is 4.91. The number of alkyl halides is 3. The molecule has 1 N–H and O–H groups in total. The summed E-state index contributed by atoms with van der Waals surface area (Å²) in [7, 11) is 1.42. The number of ether oxygens (including phenoxy) is 1. The van der Waals surface area contributed by atoms with Gasteiger partial charge in [-0.15, -0.1) is 0 Å². The Morgan fingerprint density at radius 1 is 1.42 bits per heavy atom. The lowest BCUT2D eigenvalue weighted by Crippen LogP contribution is -2.20. The molecule has 0 aromatic heterocycles. The zero-order valence-electron chi connectivity index (χ0n) is 10.1. The van der Waals surface area contributed by atoms with E-state index in [4.69, 9.17) is 4.74 Å². The Morgan fingerprint density at radius 2 is 2.11 bits per heavy atom. The van der Waals surface area contributed by atoms with Crippen molar-refractivity contribution in [2.24, 2.45) is 0 Å². The van der Waals surface area contributed by atoms with Gasteiger partial charge in [0.05, 0.1) is 18.6 Å². The van der Waals surface area contributed by atoms with E-state index < -0.39 is 17.5 Å². The van der Waals surface area contributed by atoms with E-state index in [-0.39, 0.29) is 24.5 Å². The van der Waals surface area contributed by atoms with Gasteiger partial charge in [0, 0.05) is 12.6 Å². The maximum absolute atomic E-state index is 12.7. The molecule has 19 heavy (non-hydrogen) atoms. The highest BCUT2D eigenvalue weighted by Crippen LogP contribution is 2.36. The molecule has 1 aromatic rings. The topological polar surface area (TPSA) is 55.4 Å². The molecule has 4 nitrogen and oxygen atoms in total. The third-order valence-corrected chi connectivity index (χ3v) is 2.31. The largest absolute Gasteiger partial charge is 0.492 e. The Morgan fingerprint density at radius 3 is 2.63 bits per heavy atom. The SMILES string of the molecule is CNC(=O)CCOc1ccc(C=O)cc1C(F)(F)F. The van der Waals surface area contributed by atoms with E-state index >= 15 is 0 Å². The number of carbonyl (C=O) groups excluding carboxylic acids is 2. The molecule has 0 atom stereocenters. The molecular formula is C12H12F3NO3. The molecule has 0 radical (unpaired) electrons. The first kappa shape index (κ1) is 15.0. The molecule has 0 saturated carbocycles. The van der Waals surface area contributed by atoms with Gasteiger partial charge in [-0.2, -0.15) is 13.2 Å². The highest BCUT2D eigenvalue weighted by molar-refractivity contribution is 5.76. The average molecular weight is 275 g/mol. The summed E-state index contributed by atoms with van der Waals surface area (Å²) in [6, 6.07) is 3.00. The molecule has 1 rings (SSSR count). The number of nitrogens with one attached hydrogen (secondary N) is 1. The number of amides is 1. The summed E-state index contributed by atoms with van der Waals surface area (Å²) >= 11 is 0. The van der Waals surface area contributed by atoms with E-state index in [9.17, 15) is 22.8 Å². The van der Waals surface area contributed by atoms with Gasteiger partial charge in [-0.1, -0.05) is 0 Å². The molecule has 1 amide bonds. The van der Waals surface area contributed by atoms with Crippen molar-refractivity contribution in [3.8, 4) is 5.75 Å². The zero-order chi connectivity index (χ0) is 14.5. The first-order valence-electron chi connectivity index (χ1n) is 5.38. The molecule has 0 unspecified atom stereocenters. The third-order valence-electron chi connectivity index (χ3n) is 2.31. The fourth-order valence-corrected chi connectivity index (χ4v) is 1.35. The zero-order valence-corrected chi connectivity index (χ0v) is 10.1. The number of aldehydes is 1. The van der Waals surface area contributed by atoms with E-state index in [1.54, 1.807) is 0 Å². The Labute approximate surface area is 107 Å². The Bertz CT molecular complexity index is 472. The second-order valence-corrected chi connectivity index (χ2v) is 3.64. The summed E-state index contributed by atoms with van der Waals surface area (Å²) in [4.78, 5) is 21.4. The van der Waals surface area contributed by atoms with E-state index in [2.05, 4.69) is 5.32 Å². The van der Waals surface area contributed by atoms with E-state index in [1.165, 1.54) is 13.1 Å². The van der Waals surface area contributed by atoms with Crippen molar-refractivity contribution in [2.75, 3.05) is 13.7 Å². The monoisotopic (exact) mass is 275 g/mol. The van der Waals surface area contributed by atoms with Gasteiger partial charge in [0.2, 0.25) is 5.91 Å². The summed E-state index contributed by atoms with van der Waals surface area (Å²) in [5.41, 5.74) is -1.13. The van der Waals surface area contributed by atoms with Gasteiger partial charge in [0.25, 0.3) is 0 Å². The fourth-order valence-electron chi connectivity index (χ4n) is 1.35. The van der Waals surface area contributed by atoms with Crippen LogP contribution in [0.3, 0.4) is 0 Å². The molecule has 0 spiro atoms. The fraction of sp³-hybridized carbons (Fsp3) is 0.333. The van der Waals surface area contributed by atoms with Crippen LogP contribution in [0.4, 0.5) is 13.2 Å². The minimum absolute atomic E-state index is 0.0524. The number of halogens is 3. The summed E-state index contributed by atoms with van der Waals surface area (Å²) in [5, 5.41) is 2.33. The lowest BCUT2D eigenvalue weighted by atomic mass is 10.1. The summed E-state index contributed by atoms with van der Waals surface area (Å²) < 4.78 is 43.2. The third kappa shape index (κ3) is 4.27. The van der Waals surface area contributed by atoms with Gasteiger partial charge in [0.1, 0.15) is 12.0 Å². The predicted molar refractivity (Wildman–Crippen MR) is 61.0 cm³/mol. The van der Waals surface area contributed by atoms with Crippen molar-refractivity contribution in [1.82, 2.24) is 5.32 Å². The normalized spacial score (nSPS) is 10.9. The molecule has 7 heteroatoms. The van der Waals surface area contributed by atoms with Crippen LogP contribution in [-0.4, -0.2) is 25.8 Å².